The fourth-order valence-corrected chi connectivity index (χ4v) is 2.28. The molecule has 0 fully saturated rings. The molecule has 0 spiro atoms. The normalized spacial score (nSPS) is 10.8. The van der Waals surface area contributed by atoms with Crippen LogP contribution in [0.4, 0.5) is 0 Å². The first-order valence-corrected chi connectivity index (χ1v) is 6.19. The zero-order valence-electron chi connectivity index (χ0n) is 10.4. The van der Waals surface area contributed by atoms with E-state index in [1.165, 1.54) is 0 Å². The van der Waals surface area contributed by atoms with Crippen molar-refractivity contribution in [1.82, 2.24) is 4.57 Å². The van der Waals surface area contributed by atoms with Crippen molar-refractivity contribution in [3.8, 4) is 5.69 Å². The first kappa shape index (κ1) is 11.7. The molecule has 0 atom stereocenters. The molecule has 0 saturated carbocycles. The van der Waals surface area contributed by atoms with E-state index < -0.39 is 0 Å². The molecule has 0 aliphatic rings. The molecule has 3 rings (SSSR count). The molecule has 0 unspecified atom stereocenters. The van der Waals surface area contributed by atoms with Crippen LogP contribution in [0.25, 0.3) is 16.5 Å². The van der Waals surface area contributed by atoms with Gasteiger partial charge in [0.2, 0.25) is 0 Å². The van der Waals surface area contributed by atoms with Gasteiger partial charge in [-0.3, -0.25) is 9.36 Å². The second-order valence-corrected chi connectivity index (χ2v) is 4.45. The molecule has 2 N–H and O–H groups in total. The number of fused-ring (bicyclic) bond motifs is 1. The lowest BCUT2D eigenvalue weighted by molar-refractivity contribution is 1.000. The van der Waals surface area contributed by atoms with E-state index in [1.54, 1.807) is 22.9 Å². The summed E-state index contributed by atoms with van der Waals surface area (Å²) in [6.45, 7) is 0.519. The van der Waals surface area contributed by atoms with Crippen molar-refractivity contribution >= 4 is 10.8 Å². The maximum atomic E-state index is 11.9. The lowest BCUT2D eigenvalue weighted by Crippen LogP contribution is -2.15. The molecular formula is C16H14N2O. The first-order chi connectivity index (χ1) is 9.29. The molecule has 19 heavy (non-hydrogen) atoms. The maximum absolute atomic E-state index is 11.9. The summed E-state index contributed by atoms with van der Waals surface area (Å²) in [4.78, 5) is 11.9. The van der Waals surface area contributed by atoms with Gasteiger partial charge in [-0.2, -0.15) is 0 Å². The Bertz CT molecular complexity index is 790. The van der Waals surface area contributed by atoms with Gasteiger partial charge in [0.1, 0.15) is 0 Å². The number of nitrogens with two attached hydrogens (primary N) is 1. The minimum atomic E-state index is -0.0297. The molecule has 0 amide bonds. The second-order valence-electron chi connectivity index (χ2n) is 4.45. The fourth-order valence-electron chi connectivity index (χ4n) is 2.28. The summed E-state index contributed by atoms with van der Waals surface area (Å²) in [6.07, 6.45) is 1.79. The Balaban J connectivity index is 2.31. The Labute approximate surface area is 110 Å². The van der Waals surface area contributed by atoms with Crippen molar-refractivity contribution in [2.45, 2.75) is 6.54 Å². The van der Waals surface area contributed by atoms with E-state index in [2.05, 4.69) is 6.07 Å². The highest BCUT2D eigenvalue weighted by Crippen LogP contribution is 2.22. The van der Waals surface area contributed by atoms with Crippen molar-refractivity contribution in [2.75, 3.05) is 0 Å². The summed E-state index contributed by atoms with van der Waals surface area (Å²) in [7, 11) is 0. The smallest absolute Gasteiger partial charge is 0.255 e. The minimum absolute atomic E-state index is 0.0297. The van der Waals surface area contributed by atoms with Crippen LogP contribution in [0.15, 0.2) is 65.6 Å². The van der Waals surface area contributed by atoms with Gasteiger partial charge < -0.3 is 5.73 Å². The van der Waals surface area contributed by atoms with Gasteiger partial charge in [0.05, 0.1) is 5.69 Å². The van der Waals surface area contributed by atoms with Crippen LogP contribution < -0.4 is 11.3 Å². The van der Waals surface area contributed by atoms with Crippen molar-refractivity contribution in [2.24, 2.45) is 5.73 Å². The molecule has 1 aromatic heterocycles. The fraction of sp³-hybridized carbons (Fsp3) is 0.0625. The number of aromatic nitrogens is 1. The third kappa shape index (κ3) is 2.04. The van der Waals surface area contributed by atoms with Gasteiger partial charge in [-0.1, -0.05) is 30.3 Å². The SMILES string of the molecule is NCc1ccc2c(-n3ccccc3=O)cccc2c1. The van der Waals surface area contributed by atoms with Gasteiger partial charge in [-0.15, -0.1) is 0 Å². The summed E-state index contributed by atoms with van der Waals surface area (Å²) in [5, 5.41) is 2.14. The van der Waals surface area contributed by atoms with Crippen molar-refractivity contribution in [3.63, 3.8) is 0 Å². The van der Waals surface area contributed by atoms with Gasteiger partial charge >= 0.3 is 0 Å². The molecule has 0 bridgehead atoms. The van der Waals surface area contributed by atoms with E-state index in [4.69, 9.17) is 5.73 Å². The van der Waals surface area contributed by atoms with Crippen molar-refractivity contribution < 1.29 is 0 Å². The standard InChI is InChI=1S/C16H14N2O/c17-11-12-7-8-14-13(10-12)4-3-5-15(14)18-9-2-1-6-16(18)19/h1-10H,11,17H2. The van der Waals surface area contributed by atoms with Gasteiger partial charge in [0.25, 0.3) is 5.56 Å². The van der Waals surface area contributed by atoms with E-state index in [1.807, 2.05) is 36.4 Å². The predicted octanol–water partition coefficient (Wildman–Crippen LogP) is 2.45. The summed E-state index contributed by atoms with van der Waals surface area (Å²) in [6, 6.07) is 17.2. The summed E-state index contributed by atoms with van der Waals surface area (Å²) in [5.74, 6) is 0. The topological polar surface area (TPSA) is 48.0 Å². The largest absolute Gasteiger partial charge is 0.326 e. The van der Waals surface area contributed by atoms with Crippen LogP contribution >= 0.6 is 0 Å². The molecule has 3 aromatic rings. The Hall–Kier alpha value is -2.39. The average molecular weight is 250 g/mol. The highest BCUT2D eigenvalue weighted by Gasteiger charge is 2.04. The molecule has 0 radical (unpaired) electrons. The molecule has 2 aromatic carbocycles. The Kier molecular flexibility index (Phi) is 2.89. The van der Waals surface area contributed by atoms with Crippen LogP contribution in [0.5, 0.6) is 0 Å². The Morgan fingerprint density at radius 3 is 2.68 bits per heavy atom. The zero-order chi connectivity index (χ0) is 13.2. The Morgan fingerprint density at radius 2 is 1.89 bits per heavy atom. The number of nitrogens with zero attached hydrogens (tertiary/aromatic N) is 1. The number of benzene rings is 2. The molecule has 1 heterocycles. The molecule has 0 saturated heterocycles. The van der Waals surface area contributed by atoms with E-state index >= 15 is 0 Å². The first-order valence-electron chi connectivity index (χ1n) is 6.19. The second kappa shape index (κ2) is 4.71. The highest BCUT2D eigenvalue weighted by molar-refractivity contribution is 5.90. The van der Waals surface area contributed by atoms with Gasteiger partial charge in [0.15, 0.2) is 0 Å². The number of rotatable bonds is 2. The quantitative estimate of drug-likeness (QED) is 0.759. The molecule has 3 heteroatoms. The number of hydrogen-bond acceptors (Lipinski definition) is 2. The van der Waals surface area contributed by atoms with E-state index in [0.29, 0.717) is 6.54 Å². The molecule has 0 aliphatic carbocycles. The summed E-state index contributed by atoms with van der Waals surface area (Å²) < 4.78 is 1.66. The van der Waals surface area contributed by atoms with E-state index in [-0.39, 0.29) is 5.56 Å². The van der Waals surface area contributed by atoms with Crippen molar-refractivity contribution in [1.29, 1.82) is 0 Å². The van der Waals surface area contributed by atoms with Crippen LogP contribution in [-0.4, -0.2) is 4.57 Å². The van der Waals surface area contributed by atoms with Crippen LogP contribution in [0.1, 0.15) is 5.56 Å². The van der Waals surface area contributed by atoms with Crippen LogP contribution in [0, 0.1) is 0 Å². The van der Waals surface area contributed by atoms with Crippen LogP contribution in [0.3, 0.4) is 0 Å². The molecular weight excluding hydrogens is 236 g/mol. The lowest BCUT2D eigenvalue weighted by atomic mass is 10.1. The molecule has 3 nitrogen and oxygen atoms in total. The predicted molar refractivity (Wildman–Crippen MR) is 77.4 cm³/mol. The van der Waals surface area contributed by atoms with Gasteiger partial charge in [0, 0.05) is 24.2 Å². The van der Waals surface area contributed by atoms with E-state index in [9.17, 15) is 4.79 Å². The minimum Gasteiger partial charge on any atom is -0.326 e. The number of hydrogen-bond donors (Lipinski definition) is 1. The van der Waals surface area contributed by atoms with Gasteiger partial charge in [-0.05, 0) is 29.1 Å². The third-order valence-electron chi connectivity index (χ3n) is 3.24. The highest BCUT2D eigenvalue weighted by atomic mass is 16.1. The van der Waals surface area contributed by atoms with Gasteiger partial charge in [-0.25, -0.2) is 0 Å². The average Bonchev–Trinajstić information content (AvgIpc) is 2.46. The monoisotopic (exact) mass is 250 g/mol. The third-order valence-corrected chi connectivity index (χ3v) is 3.24. The molecule has 0 aliphatic heterocycles. The maximum Gasteiger partial charge on any atom is 0.255 e. The van der Waals surface area contributed by atoms with Crippen molar-refractivity contribution in [3.05, 3.63) is 76.7 Å². The summed E-state index contributed by atoms with van der Waals surface area (Å²) in [5.41, 5.74) is 7.61. The Morgan fingerprint density at radius 1 is 1.00 bits per heavy atom. The van der Waals surface area contributed by atoms with E-state index in [0.717, 1.165) is 22.0 Å². The van der Waals surface area contributed by atoms with Crippen LogP contribution in [-0.2, 0) is 6.54 Å². The number of pyridine rings is 1. The van der Waals surface area contributed by atoms with Crippen LogP contribution in [0.2, 0.25) is 0 Å². The lowest BCUT2D eigenvalue weighted by Gasteiger charge is -2.10. The zero-order valence-corrected chi connectivity index (χ0v) is 10.4. The summed E-state index contributed by atoms with van der Waals surface area (Å²) >= 11 is 0. The molecule has 94 valence electrons.